The maximum atomic E-state index is 12.9. The van der Waals surface area contributed by atoms with Crippen LogP contribution in [0, 0.1) is 11.8 Å². The third kappa shape index (κ3) is 4.49. The van der Waals surface area contributed by atoms with Gasteiger partial charge >= 0.3 is 0 Å². The van der Waals surface area contributed by atoms with E-state index in [1.807, 2.05) is 11.9 Å². The summed E-state index contributed by atoms with van der Waals surface area (Å²) in [5.41, 5.74) is 0. The van der Waals surface area contributed by atoms with Crippen LogP contribution in [0.5, 0.6) is 0 Å². The van der Waals surface area contributed by atoms with Crippen LogP contribution < -0.4 is 0 Å². The average molecular weight is 321 g/mol. The number of carbonyl (C=O) groups is 1. The summed E-state index contributed by atoms with van der Waals surface area (Å²) in [6.07, 6.45) is 15.9. The van der Waals surface area contributed by atoms with E-state index in [0.717, 1.165) is 18.9 Å². The third-order valence-electron chi connectivity index (χ3n) is 6.55. The summed E-state index contributed by atoms with van der Waals surface area (Å²) in [5.74, 6) is 1.60. The molecule has 0 N–H and O–H groups in total. The second kappa shape index (κ2) is 8.50. The van der Waals surface area contributed by atoms with Crippen LogP contribution in [-0.2, 0) is 4.79 Å². The van der Waals surface area contributed by atoms with E-state index >= 15 is 0 Å². The number of fused-ring (bicyclic) bond motifs is 1. The molecule has 23 heavy (non-hydrogen) atoms. The molecule has 3 nitrogen and oxygen atoms in total. The molecule has 1 heterocycles. The Hall–Kier alpha value is -0.570. The zero-order valence-corrected chi connectivity index (χ0v) is 15.1. The fraction of sp³-hybridized carbons (Fsp3) is 0.950. The molecule has 2 atom stereocenters. The molecule has 0 aromatic rings. The Morgan fingerprint density at radius 3 is 2.30 bits per heavy atom. The van der Waals surface area contributed by atoms with Crippen molar-refractivity contribution in [2.24, 2.45) is 11.8 Å². The van der Waals surface area contributed by atoms with E-state index < -0.39 is 0 Å². The lowest BCUT2D eigenvalue weighted by Gasteiger charge is -2.37. The van der Waals surface area contributed by atoms with Gasteiger partial charge in [-0.1, -0.05) is 38.5 Å². The maximum Gasteiger partial charge on any atom is 0.227 e. The van der Waals surface area contributed by atoms with Gasteiger partial charge in [-0.2, -0.15) is 0 Å². The summed E-state index contributed by atoms with van der Waals surface area (Å²) in [5, 5.41) is 0. The van der Waals surface area contributed by atoms with Gasteiger partial charge in [0, 0.05) is 26.2 Å². The van der Waals surface area contributed by atoms with E-state index in [0.29, 0.717) is 11.9 Å². The summed E-state index contributed by atoms with van der Waals surface area (Å²) in [6.45, 7) is 3.46. The van der Waals surface area contributed by atoms with Gasteiger partial charge in [-0.25, -0.2) is 0 Å². The Bertz CT molecular complexity index is 378. The number of nitrogens with zero attached hydrogens (tertiary/aromatic N) is 2. The normalized spacial score (nSPS) is 32.6. The van der Waals surface area contributed by atoms with Crippen molar-refractivity contribution in [3.8, 4) is 0 Å². The van der Waals surface area contributed by atoms with Crippen molar-refractivity contribution >= 4 is 5.91 Å². The summed E-state index contributed by atoms with van der Waals surface area (Å²) in [4.78, 5) is 17.7. The minimum atomic E-state index is 0.279. The lowest BCUT2D eigenvalue weighted by atomic mass is 9.88. The van der Waals surface area contributed by atoms with E-state index in [-0.39, 0.29) is 5.92 Å². The Labute approximate surface area is 142 Å². The largest absolute Gasteiger partial charge is 0.345 e. The van der Waals surface area contributed by atoms with Crippen molar-refractivity contribution in [3.63, 3.8) is 0 Å². The van der Waals surface area contributed by atoms with Gasteiger partial charge in [0.05, 0.1) is 5.92 Å². The Morgan fingerprint density at radius 1 is 0.826 bits per heavy atom. The molecule has 3 heteroatoms. The van der Waals surface area contributed by atoms with Crippen LogP contribution in [0.25, 0.3) is 0 Å². The summed E-state index contributed by atoms with van der Waals surface area (Å²) in [7, 11) is 2.03. The minimum Gasteiger partial charge on any atom is -0.345 e. The fourth-order valence-electron chi connectivity index (χ4n) is 5.17. The standard InChI is InChI=1S/C20H36N2O/c1-21-14-7-2-3-8-15-22(16-17-10-5-4-6-11-17)19-13-9-12-18(19)20(21)23/h17-19H,2-16H2,1H3/t18-,19+/m1/s1. The molecular weight excluding hydrogens is 284 g/mol. The molecule has 3 fully saturated rings. The van der Waals surface area contributed by atoms with Crippen LogP contribution in [0.4, 0.5) is 0 Å². The van der Waals surface area contributed by atoms with Crippen molar-refractivity contribution in [2.45, 2.75) is 83.1 Å². The first kappa shape index (κ1) is 17.3. The molecule has 3 rings (SSSR count). The smallest absolute Gasteiger partial charge is 0.227 e. The van der Waals surface area contributed by atoms with Gasteiger partial charge in [0.25, 0.3) is 0 Å². The third-order valence-corrected chi connectivity index (χ3v) is 6.55. The Morgan fingerprint density at radius 2 is 1.52 bits per heavy atom. The van der Waals surface area contributed by atoms with Crippen molar-refractivity contribution in [1.82, 2.24) is 9.80 Å². The van der Waals surface area contributed by atoms with Gasteiger partial charge in [-0.05, 0) is 51.0 Å². The average Bonchev–Trinajstić information content (AvgIpc) is 3.05. The van der Waals surface area contributed by atoms with Gasteiger partial charge in [0.2, 0.25) is 5.91 Å². The van der Waals surface area contributed by atoms with E-state index in [1.54, 1.807) is 0 Å². The predicted octanol–water partition coefficient (Wildman–Crippen LogP) is 4.07. The Kier molecular flexibility index (Phi) is 6.38. The zero-order chi connectivity index (χ0) is 16.1. The van der Waals surface area contributed by atoms with E-state index in [9.17, 15) is 4.79 Å². The number of carbonyl (C=O) groups excluding carboxylic acids is 1. The van der Waals surface area contributed by atoms with E-state index in [4.69, 9.17) is 0 Å². The van der Waals surface area contributed by atoms with Gasteiger partial charge in [-0.15, -0.1) is 0 Å². The lowest BCUT2D eigenvalue weighted by Crippen LogP contribution is -2.46. The molecule has 0 unspecified atom stereocenters. The first-order chi connectivity index (χ1) is 11.3. The zero-order valence-electron chi connectivity index (χ0n) is 15.1. The molecule has 1 amide bonds. The molecular formula is C20H36N2O. The van der Waals surface area contributed by atoms with Crippen molar-refractivity contribution < 1.29 is 4.79 Å². The Balaban J connectivity index is 1.70. The molecule has 2 aliphatic carbocycles. The maximum absolute atomic E-state index is 12.9. The van der Waals surface area contributed by atoms with E-state index in [1.165, 1.54) is 83.7 Å². The highest BCUT2D eigenvalue weighted by molar-refractivity contribution is 5.79. The first-order valence-corrected chi connectivity index (χ1v) is 10.2. The molecule has 0 aromatic carbocycles. The van der Waals surface area contributed by atoms with Crippen LogP contribution in [0.15, 0.2) is 0 Å². The molecule has 1 aliphatic heterocycles. The molecule has 0 aromatic heterocycles. The van der Waals surface area contributed by atoms with Gasteiger partial charge in [0.15, 0.2) is 0 Å². The minimum absolute atomic E-state index is 0.279. The summed E-state index contributed by atoms with van der Waals surface area (Å²) < 4.78 is 0. The number of hydrogen-bond donors (Lipinski definition) is 0. The molecule has 3 aliphatic rings. The highest BCUT2D eigenvalue weighted by Crippen LogP contribution is 2.34. The molecule has 0 bridgehead atoms. The van der Waals surface area contributed by atoms with Gasteiger partial charge < -0.3 is 4.90 Å². The monoisotopic (exact) mass is 320 g/mol. The highest BCUT2D eigenvalue weighted by atomic mass is 16.2. The summed E-state index contributed by atoms with van der Waals surface area (Å²) >= 11 is 0. The number of amides is 1. The van der Waals surface area contributed by atoms with Crippen LogP contribution in [0.3, 0.4) is 0 Å². The second-order valence-electron chi connectivity index (χ2n) is 8.28. The van der Waals surface area contributed by atoms with Crippen molar-refractivity contribution in [3.05, 3.63) is 0 Å². The predicted molar refractivity (Wildman–Crippen MR) is 95.4 cm³/mol. The second-order valence-corrected chi connectivity index (χ2v) is 8.28. The van der Waals surface area contributed by atoms with Crippen LogP contribution in [0.2, 0.25) is 0 Å². The van der Waals surface area contributed by atoms with Crippen LogP contribution >= 0.6 is 0 Å². The molecule has 0 radical (unpaired) electrons. The number of rotatable bonds is 2. The SMILES string of the molecule is CN1CCCCCCN(CC2CCCCC2)[C@H]2CCC[C@H]2C1=O. The van der Waals surface area contributed by atoms with Crippen molar-refractivity contribution in [1.29, 1.82) is 0 Å². The fourth-order valence-corrected chi connectivity index (χ4v) is 5.17. The van der Waals surface area contributed by atoms with Crippen molar-refractivity contribution in [2.75, 3.05) is 26.7 Å². The quantitative estimate of drug-likeness (QED) is 0.766. The molecule has 2 saturated carbocycles. The van der Waals surface area contributed by atoms with Crippen LogP contribution in [0.1, 0.15) is 77.0 Å². The lowest BCUT2D eigenvalue weighted by molar-refractivity contribution is -0.136. The van der Waals surface area contributed by atoms with E-state index in [2.05, 4.69) is 4.90 Å². The molecule has 1 saturated heterocycles. The molecule has 0 spiro atoms. The molecule has 132 valence electrons. The highest BCUT2D eigenvalue weighted by Gasteiger charge is 2.38. The number of hydrogen-bond acceptors (Lipinski definition) is 2. The topological polar surface area (TPSA) is 23.6 Å². The summed E-state index contributed by atoms with van der Waals surface area (Å²) in [6, 6.07) is 0.532. The van der Waals surface area contributed by atoms with Gasteiger partial charge in [-0.3, -0.25) is 9.69 Å². The van der Waals surface area contributed by atoms with Crippen LogP contribution in [-0.4, -0.2) is 48.4 Å². The van der Waals surface area contributed by atoms with Gasteiger partial charge in [0.1, 0.15) is 0 Å². The first-order valence-electron chi connectivity index (χ1n) is 10.2.